The molecule has 0 bridgehead atoms. The summed E-state index contributed by atoms with van der Waals surface area (Å²) in [5.74, 6) is 3.29. The lowest BCUT2D eigenvalue weighted by Crippen LogP contribution is -2.17. The van der Waals surface area contributed by atoms with E-state index in [0.29, 0.717) is 23.2 Å². The van der Waals surface area contributed by atoms with E-state index in [4.69, 9.17) is 25.8 Å². The summed E-state index contributed by atoms with van der Waals surface area (Å²) in [5.41, 5.74) is 0.997. The molecule has 0 N–H and O–H groups in total. The van der Waals surface area contributed by atoms with Crippen molar-refractivity contribution < 1.29 is 14.2 Å². The molecule has 0 radical (unpaired) electrons. The summed E-state index contributed by atoms with van der Waals surface area (Å²) in [6.45, 7) is 2.32. The van der Waals surface area contributed by atoms with Crippen molar-refractivity contribution in [2.75, 3.05) is 21.3 Å². The maximum atomic E-state index is 6.76. The van der Waals surface area contributed by atoms with E-state index in [-0.39, 0.29) is 5.38 Å². The summed E-state index contributed by atoms with van der Waals surface area (Å²) in [4.78, 5) is 0. The van der Waals surface area contributed by atoms with Crippen molar-refractivity contribution >= 4 is 11.6 Å². The highest BCUT2D eigenvalue weighted by Gasteiger charge is 2.29. The van der Waals surface area contributed by atoms with Crippen LogP contribution in [0.15, 0.2) is 12.1 Å². The van der Waals surface area contributed by atoms with Gasteiger partial charge in [0.05, 0.1) is 26.7 Å². The maximum absolute atomic E-state index is 6.76. The Labute approximate surface area is 132 Å². The first-order chi connectivity index (χ1) is 10.1. The molecule has 3 nitrogen and oxygen atoms in total. The molecule has 21 heavy (non-hydrogen) atoms. The molecule has 0 heterocycles. The third kappa shape index (κ3) is 3.39. The molecule has 0 aromatic heterocycles. The van der Waals surface area contributed by atoms with Crippen molar-refractivity contribution in [2.24, 2.45) is 11.8 Å². The highest BCUT2D eigenvalue weighted by Crippen LogP contribution is 2.48. The number of methoxy groups -OCH3 is 3. The van der Waals surface area contributed by atoms with Gasteiger partial charge in [-0.15, -0.1) is 11.6 Å². The third-order valence-electron chi connectivity index (χ3n) is 4.51. The average Bonchev–Trinajstić information content (AvgIpc) is 2.53. The van der Waals surface area contributed by atoms with Gasteiger partial charge in [0.2, 0.25) is 5.75 Å². The van der Waals surface area contributed by atoms with Crippen LogP contribution in [0.5, 0.6) is 17.2 Å². The third-order valence-corrected chi connectivity index (χ3v) is 5.10. The smallest absolute Gasteiger partial charge is 0.203 e. The van der Waals surface area contributed by atoms with E-state index in [1.807, 2.05) is 12.1 Å². The van der Waals surface area contributed by atoms with Gasteiger partial charge in [0.1, 0.15) is 0 Å². The van der Waals surface area contributed by atoms with Gasteiger partial charge < -0.3 is 14.2 Å². The highest BCUT2D eigenvalue weighted by atomic mass is 35.5. The molecule has 1 atom stereocenters. The molecule has 0 amide bonds. The van der Waals surface area contributed by atoms with E-state index < -0.39 is 0 Å². The highest BCUT2D eigenvalue weighted by molar-refractivity contribution is 6.21. The Kier molecular flexibility index (Phi) is 5.63. The lowest BCUT2D eigenvalue weighted by Gasteiger charge is -2.30. The molecule has 1 unspecified atom stereocenters. The zero-order chi connectivity index (χ0) is 15.4. The number of alkyl halides is 1. The van der Waals surface area contributed by atoms with Crippen molar-refractivity contribution in [3.63, 3.8) is 0 Å². The number of ether oxygens (including phenoxy) is 3. The molecule has 1 aliphatic rings. The van der Waals surface area contributed by atoms with Crippen LogP contribution in [-0.4, -0.2) is 21.3 Å². The number of rotatable bonds is 5. The van der Waals surface area contributed by atoms with Gasteiger partial charge in [0.15, 0.2) is 11.5 Å². The van der Waals surface area contributed by atoms with Gasteiger partial charge in [-0.3, -0.25) is 0 Å². The zero-order valence-corrected chi connectivity index (χ0v) is 14.1. The van der Waals surface area contributed by atoms with E-state index >= 15 is 0 Å². The predicted octanol–water partition coefficient (Wildman–Crippen LogP) is 4.82. The van der Waals surface area contributed by atoms with E-state index in [0.717, 1.165) is 11.5 Å². The number of halogens is 1. The van der Waals surface area contributed by atoms with Gasteiger partial charge in [-0.2, -0.15) is 0 Å². The summed E-state index contributed by atoms with van der Waals surface area (Å²) in [5, 5.41) is -0.0488. The Balaban J connectivity index is 2.30. The van der Waals surface area contributed by atoms with Crippen LogP contribution < -0.4 is 14.2 Å². The van der Waals surface area contributed by atoms with Crippen LogP contribution in [0.4, 0.5) is 0 Å². The normalized spacial score (nSPS) is 23.5. The fourth-order valence-electron chi connectivity index (χ4n) is 3.17. The van der Waals surface area contributed by atoms with E-state index in [9.17, 15) is 0 Å². The molecule has 0 aliphatic heterocycles. The molecule has 4 heteroatoms. The summed E-state index contributed by atoms with van der Waals surface area (Å²) in [6, 6.07) is 3.90. The van der Waals surface area contributed by atoms with E-state index in [1.54, 1.807) is 21.3 Å². The Hall–Kier alpha value is -1.09. The SMILES string of the molecule is COc1ccc(C(Cl)C2CCC(C)CC2)c(OC)c1OC. The second-order valence-corrected chi connectivity index (χ2v) is 6.32. The molecular formula is C17H25ClO3. The van der Waals surface area contributed by atoms with Crippen molar-refractivity contribution in [1.82, 2.24) is 0 Å². The Morgan fingerprint density at radius 3 is 2.10 bits per heavy atom. The Bertz CT molecular complexity index is 467. The van der Waals surface area contributed by atoms with Crippen LogP contribution in [0.3, 0.4) is 0 Å². The lowest BCUT2D eigenvalue weighted by molar-refractivity contribution is 0.277. The molecule has 1 fully saturated rings. The van der Waals surface area contributed by atoms with Gasteiger partial charge in [0, 0.05) is 5.56 Å². The topological polar surface area (TPSA) is 27.7 Å². The minimum Gasteiger partial charge on any atom is -0.493 e. The first-order valence-corrected chi connectivity index (χ1v) is 7.98. The van der Waals surface area contributed by atoms with Crippen LogP contribution in [0.1, 0.15) is 43.5 Å². The first kappa shape index (κ1) is 16.3. The quantitative estimate of drug-likeness (QED) is 0.730. The second kappa shape index (κ2) is 7.26. The van der Waals surface area contributed by atoms with Gasteiger partial charge in [-0.1, -0.05) is 19.8 Å². The molecule has 118 valence electrons. The number of benzene rings is 1. The summed E-state index contributed by atoms with van der Waals surface area (Å²) in [7, 11) is 4.89. The number of hydrogen-bond donors (Lipinski definition) is 0. The summed E-state index contributed by atoms with van der Waals surface area (Å²) in [6.07, 6.45) is 4.85. The molecule has 1 aromatic rings. The van der Waals surface area contributed by atoms with Crippen molar-refractivity contribution in [3.8, 4) is 17.2 Å². The standard InChI is InChI=1S/C17H25ClO3/c1-11-5-7-12(8-6-11)15(18)13-9-10-14(19-2)17(21-4)16(13)20-3/h9-12,15H,5-8H2,1-4H3. The monoisotopic (exact) mass is 312 g/mol. The minimum atomic E-state index is -0.0488. The fraction of sp³-hybridized carbons (Fsp3) is 0.647. The van der Waals surface area contributed by atoms with Crippen LogP contribution in [0.2, 0.25) is 0 Å². The van der Waals surface area contributed by atoms with Gasteiger partial charge in [-0.25, -0.2) is 0 Å². The van der Waals surface area contributed by atoms with E-state index in [2.05, 4.69) is 6.92 Å². The fourth-order valence-corrected chi connectivity index (χ4v) is 3.60. The largest absolute Gasteiger partial charge is 0.493 e. The molecule has 0 saturated heterocycles. The minimum absolute atomic E-state index is 0.0488. The van der Waals surface area contributed by atoms with Crippen molar-refractivity contribution in [1.29, 1.82) is 0 Å². The Morgan fingerprint density at radius 2 is 1.57 bits per heavy atom. The van der Waals surface area contributed by atoms with Crippen LogP contribution in [0, 0.1) is 11.8 Å². The maximum Gasteiger partial charge on any atom is 0.203 e. The summed E-state index contributed by atoms with van der Waals surface area (Å²) >= 11 is 6.76. The lowest BCUT2D eigenvalue weighted by atomic mass is 9.79. The zero-order valence-electron chi connectivity index (χ0n) is 13.3. The van der Waals surface area contributed by atoms with Gasteiger partial charge in [-0.05, 0) is 36.8 Å². The molecule has 1 aliphatic carbocycles. The molecule has 0 spiro atoms. The number of hydrogen-bond acceptors (Lipinski definition) is 3. The van der Waals surface area contributed by atoms with Crippen LogP contribution in [0.25, 0.3) is 0 Å². The van der Waals surface area contributed by atoms with Crippen molar-refractivity contribution in [2.45, 2.75) is 38.0 Å². The first-order valence-electron chi connectivity index (χ1n) is 7.55. The average molecular weight is 313 g/mol. The van der Waals surface area contributed by atoms with E-state index in [1.165, 1.54) is 25.7 Å². The second-order valence-electron chi connectivity index (χ2n) is 5.85. The van der Waals surface area contributed by atoms with Crippen LogP contribution >= 0.6 is 11.6 Å². The molecule has 2 rings (SSSR count). The van der Waals surface area contributed by atoms with Crippen molar-refractivity contribution in [3.05, 3.63) is 17.7 Å². The summed E-state index contributed by atoms with van der Waals surface area (Å²) < 4.78 is 16.3. The predicted molar refractivity (Wildman–Crippen MR) is 85.8 cm³/mol. The Morgan fingerprint density at radius 1 is 0.952 bits per heavy atom. The molecular weight excluding hydrogens is 288 g/mol. The molecule has 1 saturated carbocycles. The van der Waals surface area contributed by atoms with Gasteiger partial charge >= 0.3 is 0 Å². The van der Waals surface area contributed by atoms with Gasteiger partial charge in [0.25, 0.3) is 0 Å². The van der Waals surface area contributed by atoms with Crippen LogP contribution in [-0.2, 0) is 0 Å². The molecule has 1 aromatic carbocycles.